The Morgan fingerprint density at radius 2 is 2.19 bits per heavy atom. The van der Waals surface area contributed by atoms with Crippen molar-refractivity contribution in [2.75, 3.05) is 13.1 Å². The van der Waals surface area contributed by atoms with Crippen LogP contribution in [-0.4, -0.2) is 23.3 Å². The van der Waals surface area contributed by atoms with Crippen molar-refractivity contribution in [3.63, 3.8) is 0 Å². The van der Waals surface area contributed by atoms with Crippen molar-refractivity contribution in [3.05, 3.63) is 21.9 Å². The third kappa shape index (κ3) is 2.01. The summed E-state index contributed by atoms with van der Waals surface area (Å²) in [7, 11) is 0. The summed E-state index contributed by atoms with van der Waals surface area (Å²) in [5.41, 5.74) is 0.447. The Morgan fingerprint density at radius 1 is 1.44 bits per heavy atom. The molecule has 1 atom stereocenters. The highest BCUT2D eigenvalue weighted by molar-refractivity contribution is 9.10. The van der Waals surface area contributed by atoms with E-state index in [0.29, 0.717) is 12.1 Å². The van der Waals surface area contributed by atoms with Gasteiger partial charge in [0.2, 0.25) is 0 Å². The Labute approximate surface area is 101 Å². The molecule has 1 aromatic rings. The summed E-state index contributed by atoms with van der Waals surface area (Å²) in [6, 6.07) is 0.962. The maximum Gasteiger partial charge on any atom is 0.172 e. The van der Waals surface area contributed by atoms with Crippen LogP contribution in [0, 0.1) is 5.82 Å². The van der Waals surface area contributed by atoms with Crippen LogP contribution in [0.4, 0.5) is 4.39 Å². The van der Waals surface area contributed by atoms with Gasteiger partial charge in [-0.25, -0.2) is 4.39 Å². The van der Waals surface area contributed by atoms with Crippen LogP contribution in [0.15, 0.2) is 10.5 Å². The average Bonchev–Trinajstić information content (AvgIpc) is 2.28. The summed E-state index contributed by atoms with van der Waals surface area (Å²) in [6.07, 6.45) is 1.87. The van der Waals surface area contributed by atoms with Crippen LogP contribution in [0.1, 0.15) is 24.3 Å². The second-order valence-corrected chi connectivity index (χ2v) is 4.79. The molecule has 0 aromatic heterocycles. The number of nitrogens with one attached hydrogen (secondary N) is 1. The molecule has 0 amide bonds. The zero-order chi connectivity index (χ0) is 11.7. The predicted molar refractivity (Wildman–Crippen MR) is 62.3 cm³/mol. The summed E-state index contributed by atoms with van der Waals surface area (Å²) < 4.78 is 14.0. The number of phenolic OH excluding ortho intramolecular Hbond substituents is 2. The van der Waals surface area contributed by atoms with E-state index in [1.807, 2.05) is 0 Å². The molecule has 0 radical (unpaired) electrons. The fourth-order valence-corrected chi connectivity index (χ4v) is 2.80. The van der Waals surface area contributed by atoms with E-state index in [-0.39, 0.29) is 16.1 Å². The Balaban J connectivity index is 2.42. The molecular formula is C11H13BrFNO2. The van der Waals surface area contributed by atoms with Crippen LogP contribution in [0.3, 0.4) is 0 Å². The minimum absolute atomic E-state index is 0.0367. The van der Waals surface area contributed by atoms with Crippen molar-refractivity contribution in [3.8, 4) is 11.5 Å². The molecule has 5 heteroatoms. The number of piperidine rings is 1. The van der Waals surface area contributed by atoms with Crippen LogP contribution in [0.2, 0.25) is 0 Å². The van der Waals surface area contributed by atoms with Crippen LogP contribution < -0.4 is 5.32 Å². The van der Waals surface area contributed by atoms with Crippen molar-refractivity contribution in [1.82, 2.24) is 5.32 Å². The number of aromatic hydroxyl groups is 2. The second-order valence-electron chi connectivity index (χ2n) is 4.00. The molecule has 3 N–H and O–H groups in total. The third-order valence-electron chi connectivity index (χ3n) is 2.91. The molecule has 0 bridgehead atoms. The fraction of sp³-hybridized carbons (Fsp3) is 0.455. The molecule has 3 nitrogen and oxygen atoms in total. The van der Waals surface area contributed by atoms with Crippen molar-refractivity contribution in [2.24, 2.45) is 0 Å². The third-order valence-corrected chi connectivity index (χ3v) is 3.72. The van der Waals surface area contributed by atoms with E-state index in [1.165, 1.54) is 0 Å². The molecule has 0 saturated carbocycles. The van der Waals surface area contributed by atoms with Crippen LogP contribution >= 0.6 is 15.9 Å². The topological polar surface area (TPSA) is 52.5 Å². The Hall–Kier alpha value is -0.810. The molecule has 1 heterocycles. The fourth-order valence-electron chi connectivity index (χ4n) is 2.08. The molecule has 1 aliphatic heterocycles. The van der Waals surface area contributed by atoms with Gasteiger partial charge in [0.05, 0.1) is 4.47 Å². The molecule has 0 aliphatic carbocycles. The molecule has 1 unspecified atom stereocenters. The number of hydrogen-bond donors (Lipinski definition) is 3. The van der Waals surface area contributed by atoms with Gasteiger partial charge in [0, 0.05) is 24.1 Å². The lowest BCUT2D eigenvalue weighted by atomic mass is 9.91. The van der Waals surface area contributed by atoms with E-state index in [2.05, 4.69) is 21.2 Å². The highest BCUT2D eigenvalue weighted by Crippen LogP contribution is 2.42. The van der Waals surface area contributed by atoms with Gasteiger partial charge in [-0.1, -0.05) is 0 Å². The van der Waals surface area contributed by atoms with Gasteiger partial charge in [-0.15, -0.1) is 0 Å². The lowest BCUT2D eigenvalue weighted by molar-refractivity contribution is 0.389. The smallest absolute Gasteiger partial charge is 0.172 e. The van der Waals surface area contributed by atoms with Crippen molar-refractivity contribution in [2.45, 2.75) is 18.8 Å². The maximum atomic E-state index is 13.7. The molecule has 0 spiro atoms. The first-order chi connectivity index (χ1) is 7.61. The maximum absolute atomic E-state index is 13.7. The van der Waals surface area contributed by atoms with Gasteiger partial charge < -0.3 is 15.5 Å². The predicted octanol–water partition coefficient (Wildman–Crippen LogP) is 2.47. The Morgan fingerprint density at radius 3 is 2.81 bits per heavy atom. The van der Waals surface area contributed by atoms with Crippen LogP contribution in [0.25, 0.3) is 0 Å². The van der Waals surface area contributed by atoms with Crippen molar-refractivity contribution in [1.29, 1.82) is 0 Å². The van der Waals surface area contributed by atoms with Gasteiger partial charge in [0.1, 0.15) is 5.82 Å². The zero-order valence-electron chi connectivity index (χ0n) is 8.63. The average molecular weight is 290 g/mol. The van der Waals surface area contributed by atoms with E-state index in [0.717, 1.165) is 25.5 Å². The molecule has 1 aromatic carbocycles. The van der Waals surface area contributed by atoms with Gasteiger partial charge in [-0.2, -0.15) is 0 Å². The molecule has 16 heavy (non-hydrogen) atoms. The molecule has 1 saturated heterocycles. The minimum Gasteiger partial charge on any atom is -0.504 e. The SMILES string of the molecule is Oc1cc(F)c(C2CCCNC2)c(Br)c1O. The zero-order valence-corrected chi connectivity index (χ0v) is 10.2. The summed E-state index contributed by atoms with van der Waals surface area (Å²) in [6.45, 7) is 1.64. The Kier molecular flexibility index (Phi) is 3.35. The summed E-state index contributed by atoms with van der Waals surface area (Å²) >= 11 is 3.14. The van der Waals surface area contributed by atoms with Crippen molar-refractivity contribution >= 4 is 15.9 Å². The van der Waals surface area contributed by atoms with Crippen molar-refractivity contribution < 1.29 is 14.6 Å². The first kappa shape index (κ1) is 11.7. The molecule has 2 rings (SSSR count). The molecule has 1 aliphatic rings. The first-order valence-electron chi connectivity index (χ1n) is 5.21. The van der Waals surface area contributed by atoms with Gasteiger partial charge in [0.15, 0.2) is 11.5 Å². The minimum atomic E-state index is -0.476. The number of benzene rings is 1. The quantitative estimate of drug-likeness (QED) is 0.696. The monoisotopic (exact) mass is 289 g/mol. The lowest BCUT2D eigenvalue weighted by Gasteiger charge is -2.24. The lowest BCUT2D eigenvalue weighted by Crippen LogP contribution is -2.29. The summed E-state index contributed by atoms with van der Waals surface area (Å²) in [4.78, 5) is 0. The largest absolute Gasteiger partial charge is 0.504 e. The van der Waals surface area contributed by atoms with E-state index in [1.54, 1.807) is 0 Å². The van der Waals surface area contributed by atoms with E-state index < -0.39 is 11.6 Å². The normalized spacial score (nSPS) is 21.0. The van der Waals surface area contributed by atoms with Crippen LogP contribution in [-0.2, 0) is 0 Å². The highest BCUT2D eigenvalue weighted by Gasteiger charge is 2.24. The second kappa shape index (κ2) is 4.59. The summed E-state index contributed by atoms with van der Waals surface area (Å²) in [5.74, 6) is -1.16. The van der Waals surface area contributed by atoms with E-state index in [4.69, 9.17) is 0 Å². The molecule has 88 valence electrons. The van der Waals surface area contributed by atoms with Gasteiger partial charge in [-0.05, 0) is 35.3 Å². The molecular weight excluding hydrogens is 277 g/mol. The molecule has 1 fully saturated rings. The standard InChI is InChI=1S/C11H13BrFNO2/c12-10-9(6-2-1-3-14-5-6)7(13)4-8(15)11(10)16/h4,6,14-16H,1-3,5H2. The number of phenols is 2. The number of rotatable bonds is 1. The van der Waals surface area contributed by atoms with E-state index in [9.17, 15) is 14.6 Å². The first-order valence-corrected chi connectivity index (χ1v) is 6.01. The number of halogens is 2. The van der Waals surface area contributed by atoms with Crippen LogP contribution in [0.5, 0.6) is 11.5 Å². The highest BCUT2D eigenvalue weighted by atomic mass is 79.9. The summed E-state index contributed by atoms with van der Waals surface area (Å²) in [5, 5.41) is 22.0. The van der Waals surface area contributed by atoms with E-state index >= 15 is 0 Å². The van der Waals surface area contributed by atoms with Gasteiger partial charge >= 0.3 is 0 Å². The number of hydrogen-bond acceptors (Lipinski definition) is 3. The Bertz CT molecular complexity index is 405. The van der Waals surface area contributed by atoms with Gasteiger partial charge in [-0.3, -0.25) is 0 Å². The van der Waals surface area contributed by atoms with Gasteiger partial charge in [0.25, 0.3) is 0 Å².